The molecule has 1 atom stereocenters. The molecule has 1 fully saturated rings. The molecule has 156 valence electrons. The number of carbonyl (C=O) groups is 1. The molecule has 1 unspecified atom stereocenters. The van der Waals surface area contributed by atoms with E-state index in [0.717, 1.165) is 49.2 Å². The molecule has 0 bridgehead atoms. The van der Waals surface area contributed by atoms with Crippen LogP contribution in [0.5, 0.6) is 11.5 Å². The monoisotopic (exact) mass is 398 g/mol. The van der Waals surface area contributed by atoms with Gasteiger partial charge in [-0.15, -0.1) is 0 Å². The number of ether oxygens (including phenoxy) is 4. The average Bonchev–Trinajstić information content (AvgIpc) is 3.54. The van der Waals surface area contributed by atoms with Gasteiger partial charge >= 0.3 is 5.97 Å². The van der Waals surface area contributed by atoms with Crippen molar-refractivity contribution in [1.29, 1.82) is 0 Å². The van der Waals surface area contributed by atoms with Gasteiger partial charge in [0.05, 0.1) is 19.8 Å². The molecule has 0 N–H and O–H groups in total. The summed E-state index contributed by atoms with van der Waals surface area (Å²) in [4.78, 5) is 11.8. The minimum Gasteiger partial charge on any atom is -0.493 e. The van der Waals surface area contributed by atoms with Crippen LogP contribution in [0.25, 0.3) is 0 Å². The maximum atomic E-state index is 11.8. The van der Waals surface area contributed by atoms with Crippen LogP contribution in [0.1, 0.15) is 44.6 Å². The van der Waals surface area contributed by atoms with E-state index in [1.165, 1.54) is 0 Å². The highest BCUT2D eigenvalue weighted by Crippen LogP contribution is 2.34. The Balaban J connectivity index is 1.28. The molecular formula is C24H30O5. The minimum absolute atomic E-state index is 0.210. The van der Waals surface area contributed by atoms with Gasteiger partial charge in [-0.25, -0.2) is 4.79 Å². The number of esters is 1. The Hall–Kier alpha value is -2.53. The quantitative estimate of drug-likeness (QED) is 0.272. The van der Waals surface area contributed by atoms with Gasteiger partial charge in [0.25, 0.3) is 0 Å². The van der Waals surface area contributed by atoms with E-state index in [-0.39, 0.29) is 5.97 Å². The Labute approximate surface area is 172 Å². The fraction of sp³-hybridized carbons (Fsp3) is 0.458. The van der Waals surface area contributed by atoms with E-state index < -0.39 is 5.60 Å². The summed E-state index contributed by atoms with van der Waals surface area (Å²) in [6.45, 7) is 3.93. The smallest absolute Gasteiger partial charge is 0.340 e. The van der Waals surface area contributed by atoms with Crippen LogP contribution in [0.15, 0.2) is 54.6 Å². The highest BCUT2D eigenvalue weighted by molar-refractivity contribution is 5.82. The van der Waals surface area contributed by atoms with Crippen molar-refractivity contribution < 1.29 is 23.7 Å². The van der Waals surface area contributed by atoms with Crippen LogP contribution in [0, 0.1) is 0 Å². The highest BCUT2D eigenvalue weighted by Gasteiger charge is 2.52. The largest absolute Gasteiger partial charge is 0.493 e. The average molecular weight is 398 g/mol. The van der Waals surface area contributed by atoms with Gasteiger partial charge in [0, 0.05) is 6.07 Å². The van der Waals surface area contributed by atoms with Gasteiger partial charge in [0.2, 0.25) is 0 Å². The summed E-state index contributed by atoms with van der Waals surface area (Å²) in [7, 11) is 0. The summed E-state index contributed by atoms with van der Waals surface area (Å²) in [6.07, 6.45) is 4.79. The molecule has 0 radical (unpaired) electrons. The first-order valence-electron chi connectivity index (χ1n) is 10.4. The van der Waals surface area contributed by atoms with Crippen molar-refractivity contribution in [1.82, 2.24) is 0 Å². The normalized spacial score (nSPS) is 17.6. The summed E-state index contributed by atoms with van der Waals surface area (Å²) < 4.78 is 22.1. The molecule has 1 aliphatic rings. The topological polar surface area (TPSA) is 57.3 Å². The summed E-state index contributed by atoms with van der Waals surface area (Å²) >= 11 is 0. The summed E-state index contributed by atoms with van der Waals surface area (Å²) in [5.74, 6) is 1.42. The first-order valence-corrected chi connectivity index (χ1v) is 10.4. The lowest BCUT2D eigenvalue weighted by molar-refractivity contribution is -0.149. The van der Waals surface area contributed by atoms with Crippen LogP contribution in [0.2, 0.25) is 0 Å². The van der Waals surface area contributed by atoms with Gasteiger partial charge in [-0.1, -0.05) is 49.2 Å². The molecule has 0 aliphatic carbocycles. The van der Waals surface area contributed by atoms with E-state index in [2.05, 4.69) is 0 Å². The van der Waals surface area contributed by atoms with Gasteiger partial charge in [0.15, 0.2) is 5.60 Å². The van der Waals surface area contributed by atoms with Crippen LogP contribution in [0.4, 0.5) is 0 Å². The van der Waals surface area contributed by atoms with Crippen molar-refractivity contribution in [2.24, 2.45) is 0 Å². The first kappa shape index (κ1) is 21.2. The zero-order valence-corrected chi connectivity index (χ0v) is 17.1. The third kappa shape index (κ3) is 6.79. The zero-order valence-electron chi connectivity index (χ0n) is 17.1. The van der Waals surface area contributed by atoms with Crippen molar-refractivity contribution in [2.75, 3.05) is 19.8 Å². The van der Waals surface area contributed by atoms with Crippen LogP contribution < -0.4 is 9.47 Å². The number of hydrogen-bond acceptors (Lipinski definition) is 5. The Morgan fingerprint density at radius 1 is 0.966 bits per heavy atom. The number of hydrogen-bond donors (Lipinski definition) is 0. The van der Waals surface area contributed by atoms with Gasteiger partial charge < -0.3 is 18.9 Å². The second kappa shape index (κ2) is 10.9. The van der Waals surface area contributed by atoms with E-state index in [0.29, 0.717) is 26.4 Å². The minimum atomic E-state index is -0.646. The summed E-state index contributed by atoms with van der Waals surface area (Å²) in [5.41, 5.74) is 0.493. The molecule has 1 aliphatic heterocycles. The molecule has 0 amide bonds. The second-order valence-electron chi connectivity index (χ2n) is 7.27. The van der Waals surface area contributed by atoms with Crippen LogP contribution in [0.3, 0.4) is 0 Å². The molecule has 0 spiro atoms. The molecule has 5 heteroatoms. The molecule has 3 rings (SSSR count). The Bertz CT molecular complexity index is 755. The number of benzene rings is 2. The van der Waals surface area contributed by atoms with Crippen LogP contribution in [-0.2, 0) is 20.9 Å². The molecule has 2 aromatic carbocycles. The lowest BCUT2D eigenvalue weighted by atomic mass is 10.0. The maximum Gasteiger partial charge on any atom is 0.340 e. The molecule has 2 aromatic rings. The number of rotatable bonds is 13. The molecule has 29 heavy (non-hydrogen) atoms. The predicted molar refractivity (Wildman–Crippen MR) is 111 cm³/mol. The van der Waals surface area contributed by atoms with Crippen LogP contribution >= 0.6 is 0 Å². The molecule has 1 saturated heterocycles. The van der Waals surface area contributed by atoms with E-state index >= 15 is 0 Å². The fourth-order valence-corrected chi connectivity index (χ4v) is 3.16. The van der Waals surface area contributed by atoms with Crippen molar-refractivity contribution in [2.45, 2.75) is 51.2 Å². The van der Waals surface area contributed by atoms with Crippen molar-refractivity contribution >= 4 is 5.97 Å². The van der Waals surface area contributed by atoms with E-state index in [1.807, 2.05) is 61.5 Å². The first-order chi connectivity index (χ1) is 14.2. The summed E-state index contributed by atoms with van der Waals surface area (Å²) in [6, 6.07) is 17.9. The molecule has 0 aromatic heterocycles. The van der Waals surface area contributed by atoms with Crippen molar-refractivity contribution in [3.05, 3.63) is 60.2 Å². The lowest BCUT2D eigenvalue weighted by Gasteiger charge is -2.11. The molecule has 0 saturated carbocycles. The van der Waals surface area contributed by atoms with E-state index in [1.54, 1.807) is 0 Å². The molecular weight excluding hydrogens is 368 g/mol. The molecule has 1 heterocycles. The fourth-order valence-electron chi connectivity index (χ4n) is 3.16. The third-order valence-electron chi connectivity index (χ3n) is 4.94. The zero-order chi connectivity index (χ0) is 20.4. The number of carbonyl (C=O) groups excluding carboxylic acids is 1. The van der Waals surface area contributed by atoms with E-state index in [4.69, 9.17) is 18.9 Å². The Kier molecular flexibility index (Phi) is 7.94. The second-order valence-corrected chi connectivity index (χ2v) is 7.27. The number of unbranched alkanes of at least 4 members (excludes halogenated alkanes) is 3. The predicted octanol–water partition coefficient (Wildman–Crippen LogP) is 4.93. The van der Waals surface area contributed by atoms with Gasteiger partial charge in [-0.3, -0.25) is 0 Å². The highest BCUT2D eigenvalue weighted by atomic mass is 16.6. The maximum absolute atomic E-state index is 11.8. The van der Waals surface area contributed by atoms with Crippen molar-refractivity contribution in [3.63, 3.8) is 0 Å². The molecule has 5 nitrogen and oxygen atoms in total. The third-order valence-corrected chi connectivity index (χ3v) is 4.94. The lowest BCUT2D eigenvalue weighted by Crippen LogP contribution is -2.27. The van der Waals surface area contributed by atoms with Crippen molar-refractivity contribution in [3.8, 4) is 11.5 Å². The van der Waals surface area contributed by atoms with E-state index in [9.17, 15) is 4.79 Å². The Morgan fingerprint density at radius 2 is 1.69 bits per heavy atom. The number of epoxide rings is 1. The standard InChI is InChI=1S/C24H30O5/c1-2-26-23(25)24(19-29-24)15-8-3-4-9-16-27-21-13-10-14-22(17-21)28-18-20-11-6-5-7-12-20/h5-7,10-14,17H,2-4,8-9,15-16,18-19H2,1H3. The SMILES string of the molecule is CCOC(=O)C1(CCCCCCOc2cccc(OCc3ccccc3)c2)CO1. The summed E-state index contributed by atoms with van der Waals surface area (Å²) in [5, 5.41) is 0. The Morgan fingerprint density at radius 3 is 2.41 bits per heavy atom. The van der Waals surface area contributed by atoms with Gasteiger partial charge in [-0.05, 0) is 43.9 Å². The van der Waals surface area contributed by atoms with Gasteiger partial charge in [-0.2, -0.15) is 0 Å². The van der Waals surface area contributed by atoms with Crippen LogP contribution in [-0.4, -0.2) is 31.4 Å². The van der Waals surface area contributed by atoms with Gasteiger partial charge in [0.1, 0.15) is 18.1 Å².